The highest BCUT2D eigenvalue weighted by atomic mass is 16.6. The van der Waals surface area contributed by atoms with Crippen molar-refractivity contribution in [3.8, 4) is 11.5 Å². The maximum absolute atomic E-state index is 12.7. The SMILES string of the molecule is CCCCCCn1c(=O)c(OC)c(OC)c2ccc([N+](=O)[O-])cc21. The first-order valence-electron chi connectivity index (χ1n) is 7.98. The Hall–Kier alpha value is -2.57. The number of methoxy groups -OCH3 is 2. The zero-order valence-electron chi connectivity index (χ0n) is 14.2. The summed E-state index contributed by atoms with van der Waals surface area (Å²) in [6.45, 7) is 2.60. The van der Waals surface area contributed by atoms with Gasteiger partial charge in [-0.15, -0.1) is 0 Å². The van der Waals surface area contributed by atoms with Gasteiger partial charge in [-0.05, 0) is 12.5 Å². The number of rotatable bonds is 8. The van der Waals surface area contributed by atoms with Gasteiger partial charge in [-0.1, -0.05) is 26.2 Å². The Morgan fingerprint density at radius 1 is 1.12 bits per heavy atom. The number of aryl methyl sites for hydroxylation is 1. The highest BCUT2D eigenvalue weighted by Gasteiger charge is 2.20. The van der Waals surface area contributed by atoms with Crippen LogP contribution in [0.25, 0.3) is 10.9 Å². The van der Waals surface area contributed by atoms with Crippen molar-refractivity contribution in [2.45, 2.75) is 39.2 Å². The third kappa shape index (κ3) is 3.34. The fraction of sp³-hybridized carbons (Fsp3) is 0.471. The van der Waals surface area contributed by atoms with Crippen LogP contribution in [0.5, 0.6) is 11.5 Å². The number of hydrogen-bond donors (Lipinski definition) is 0. The van der Waals surface area contributed by atoms with Gasteiger partial charge in [0, 0.05) is 24.1 Å². The van der Waals surface area contributed by atoms with Crippen LogP contribution in [-0.2, 0) is 6.54 Å². The number of fused-ring (bicyclic) bond motifs is 1. The molecule has 2 aromatic rings. The van der Waals surface area contributed by atoms with Gasteiger partial charge in [-0.25, -0.2) is 0 Å². The van der Waals surface area contributed by atoms with Crippen LogP contribution in [0.3, 0.4) is 0 Å². The Morgan fingerprint density at radius 2 is 1.83 bits per heavy atom. The first-order chi connectivity index (χ1) is 11.5. The number of nitro benzene ring substituents is 1. The van der Waals surface area contributed by atoms with E-state index < -0.39 is 4.92 Å². The molecule has 0 atom stereocenters. The van der Waals surface area contributed by atoms with Gasteiger partial charge in [0.1, 0.15) is 0 Å². The molecule has 0 aliphatic heterocycles. The number of benzene rings is 1. The molecule has 7 heteroatoms. The van der Waals surface area contributed by atoms with Crippen LogP contribution in [0.2, 0.25) is 0 Å². The molecule has 0 fully saturated rings. The predicted octanol–water partition coefficient (Wildman–Crippen LogP) is 3.51. The molecule has 0 aliphatic carbocycles. The van der Waals surface area contributed by atoms with Crippen LogP contribution in [0.1, 0.15) is 32.6 Å². The number of ether oxygens (including phenoxy) is 2. The van der Waals surface area contributed by atoms with E-state index in [1.54, 1.807) is 10.6 Å². The minimum absolute atomic E-state index is 0.0589. The fourth-order valence-electron chi connectivity index (χ4n) is 2.80. The summed E-state index contributed by atoms with van der Waals surface area (Å²) in [5.41, 5.74) is 0.0959. The van der Waals surface area contributed by atoms with Crippen LogP contribution < -0.4 is 15.0 Å². The second-order valence-corrected chi connectivity index (χ2v) is 5.54. The average molecular weight is 334 g/mol. The number of non-ortho nitro benzene ring substituents is 1. The zero-order valence-corrected chi connectivity index (χ0v) is 14.2. The molecule has 7 nitrogen and oxygen atoms in total. The maximum Gasteiger partial charge on any atom is 0.297 e. The summed E-state index contributed by atoms with van der Waals surface area (Å²) < 4.78 is 12.1. The topological polar surface area (TPSA) is 83.6 Å². The summed E-state index contributed by atoms with van der Waals surface area (Å²) in [6.07, 6.45) is 3.99. The molecule has 2 rings (SSSR count). The minimum atomic E-state index is -0.470. The third-order valence-electron chi connectivity index (χ3n) is 4.02. The van der Waals surface area contributed by atoms with Crippen molar-refractivity contribution < 1.29 is 14.4 Å². The number of nitro groups is 1. The van der Waals surface area contributed by atoms with E-state index in [0.717, 1.165) is 25.7 Å². The van der Waals surface area contributed by atoms with Crippen molar-refractivity contribution in [1.29, 1.82) is 0 Å². The van der Waals surface area contributed by atoms with Crippen molar-refractivity contribution in [2.75, 3.05) is 14.2 Å². The lowest BCUT2D eigenvalue weighted by Gasteiger charge is -2.16. The van der Waals surface area contributed by atoms with Crippen LogP contribution >= 0.6 is 0 Å². The molecule has 0 aliphatic rings. The average Bonchev–Trinajstić information content (AvgIpc) is 2.58. The predicted molar refractivity (Wildman–Crippen MR) is 92.1 cm³/mol. The molecule has 0 amide bonds. The monoisotopic (exact) mass is 334 g/mol. The smallest absolute Gasteiger partial charge is 0.297 e. The van der Waals surface area contributed by atoms with E-state index >= 15 is 0 Å². The second kappa shape index (κ2) is 7.81. The van der Waals surface area contributed by atoms with Gasteiger partial charge >= 0.3 is 0 Å². The van der Waals surface area contributed by atoms with Gasteiger partial charge in [0.25, 0.3) is 11.2 Å². The Bertz CT molecular complexity index is 798. The molecule has 0 unspecified atom stereocenters. The fourth-order valence-corrected chi connectivity index (χ4v) is 2.80. The first kappa shape index (κ1) is 17.8. The van der Waals surface area contributed by atoms with E-state index in [2.05, 4.69) is 6.92 Å². The van der Waals surface area contributed by atoms with Crippen molar-refractivity contribution in [3.05, 3.63) is 38.7 Å². The summed E-state index contributed by atoms with van der Waals surface area (Å²) in [7, 11) is 2.86. The molecule has 0 saturated heterocycles. The standard InChI is InChI=1S/C17H22N2O5/c1-4-5-6-7-10-18-14-11-12(19(21)22)8-9-13(14)15(23-2)16(24-3)17(18)20/h8-9,11H,4-7,10H2,1-3H3. The van der Waals surface area contributed by atoms with Gasteiger partial charge in [0.15, 0.2) is 5.75 Å². The molecule has 0 spiro atoms. The second-order valence-electron chi connectivity index (χ2n) is 5.54. The number of hydrogen-bond acceptors (Lipinski definition) is 5. The molecule has 0 radical (unpaired) electrons. The normalized spacial score (nSPS) is 10.8. The number of unbranched alkanes of at least 4 members (excludes halogenated alkanes) is 3. The van der Waals surface area contributed by atoms with E-state index in [-0.39, 0.29) is 17.0 Å². The summed E-state index contributed by atoms with van der Waals surface area (Å²) in [4.78, 5) is 23.3. The summed E-state index contributed by atoms with van der Waals surface area (Å²) in [5, 5.41) is 11.7. The number of nitrogens with zero attached hydrogens (tertiary/aromatic N) is 2. The number of aromatic nitrogens is 1. The van der Waals surface area contributed by atoms with Gasteiger partial charge in [0.05, 0.1) is 24.7 Å². The van der Waals surface area contributed by atoms with E-state index in [0.29, 0.717) is 23.2 Å². The van der Waals surface area contributed by atoms with Crippen LogP contribution in [0.4, 0.5) is 5.69 Å². The van der Waals surface area contributed by atoms with Crippen molar-refractivity contribution in [1.82, 2.24) is 4.57 Å². The van der Waals surface area contributed by atoms with E-state index in [9.17, 15) is 14.9 Å². The molecular formula is C17H22N2O5. The Morgan fingerprint density at radius 3 is 2.42 bits per heavy atom. The lowest BCUT2D eigenvalue weighted by molar-refractivity contribution is -0.384. The largest absolute Gasteiger partial charge is 0.492 e. The maximum atomic E-state index is 12.7. The molecule has 1 aromatic carbocycles. The zero-order chi connectivity index (χ0) is 17.7. The molecule has 130 valence electrons. The molecule has 24 heavy (non-hydrogen) atoms. The molecule has 0 bridgehead atoms. The van der Waals surface area contributed by atoms with E-state index in [1.807, 2.05) is 0 Å². The highest BCUT2D eigenvalue weighted by Crippen LogP contribution is 2.34. The van der Waals surface area contributed by atoms with E-state index in [1.165, 1.54) is 26.4 Å². The number of pyridine rings is 1. The lowest BCUT2D eigenvalue weighted by Crippen LogP contribution is -2.23. The molecule has 1 aromatic heterocycles. The summed E-state index contributed by atoms with van der Waals surface area (Å²) in [5.74, 6) is 0.423. The van der Waals surface area contributed by atoms with Crippen molar-refractivity contribution in [3.63, 3.8) is 0 Å². The molecule has 0 N–H and O–H groups in total. The Balaban J connectivity index is 2.66. The van der Waals surface area contributed by atoms with E-state index in [4.69, 9.17) is 9.47 Å². The van der Waals surface area contributed by atoms with Crippen molar-refractivity contribution >= 4 is 16.6 Å². The quantitative estimate of drug-likeness (QED) is 0.419. The van der Waals surface area contributed by atoms with Gasteiger partial charge in [-0.3, -0.25) is 14.9 Å². The summed E-state index contributed by atoms with van der Waals surface area (Å²) in [6, 6.07) is 4.41. The van der Waals surface area contributed by atoms with Crippen LogP contribution in [0, 0.1) is 10.1 Å². The van der Waals surface area contributed by atoms with Gasteiger partial charge in [0.2, 0.25) is 5.75 Å². The molecule has 1 heterocycles. The Kier molecular flexibility index (Phi) is 5.78. The first-order valence-corrected chi connectivity index (χ1v) is 7.98. The third-order valence-corrected chi connectivity index (χ3v) is 4.02. The van der Waals surface area contributed by atoms with Crippen LogP contribution in [0.15, 0.2) is 23.0 Å². The highest BCUT2D eigenvalue weighted by molar-refractivity contribution is 5.89. The molecule has 0 saturated carbocycles. The van der Waals surface area contributed by atoms with Gasteiger partial charge < -0.3 is 14.0 Å². The van der Waals surface area contributed by atoms with Gasteiger partial charge in [-0.2, -0.15) is 0 Å². The van der Waals surface area contributed by atoms with Crippen molar-refractivity contribution in [2.24, 2.45) is 0 Å². The Labute approximate surface area is 140 Å². The minimum Gasteiger partial charge on any atom is -0.492 e. The summed E-state index contributed by atoms with van der Waals surface area (Å²) >= 11 is 0. The van der Waals surface area contributed by atoms with Crippen LogP contribution in [-0.4, -0.2) is 23.7 Å². The molecular weight excluding hydrogens is 312 g/mol. The lowest BCUT2D eigenvalue weighted by atomic mass is 10.1.